The molecule has 0 saturated heterocycles. The first-order chi connectivity index (χ1) is 8.64. The highest BCUT2D eigenvalue weighted by molar-refractivity contribution is 7.98. The predicted molar refractivity (Wildman–Crippen MR) is 76.4 cm³/mol. The Kier molecular flexibility index (Phi) is 6.56. The van der Waals surface area contributed by atoms with Gasteiger partial charge in [-0.25, -0.2) is 0 Å². The van der Waals surface area contributed by atoms with E-state index < -0.39 is 5.41 Å². The summed E-state index contributed by atoms with van der Waals surface area (Å²) < 4.78 is 0. The molecule has 1 aliphatic rings. The molecular formula is C14H24N2OS. The van der Waals surface area contributed by atoms with Gasteiger partial charge in [0.2, 0.25) is 5.91 Å². The summed E-state index contributed by atoms with van der Waals surface area (Å²) in [7, 11) is 0. The van der Waals surface area contributed by atoms with Gasteiger partial charge in [0.15, 0.2) is 0 Å². The second kappa shape index (κ2) is 7.68. The molecule has 0 heterocycles. The smallest absolute Gasteiger partial charge is 0.240 e. The van der Waals surface area contributed by atoms with Gasteiger partial charge in [0.25, 0.3) is 0 Å². The predicted octanol–water partition coefficient (Wildman–Crippen LogP) is 3.11. The third-order valence-electron chi connectivity index (χ3n) is 3.74. The summed E-state index contributed by atoms with van der Waals surface area (Å²) in [5.74, 6) is 1.00. The Hall–Kier alpha value is -0.690. The molecule has 1 rings (SSSR count). The van der Waals surface area contributed by atoms with Crippen LogP contribution in [0.25, 0.3) is 0 Å². The van der Waals surface area contributed by atoms with Gasteiger partial charge in [-0.05, 0) is 38.2 Å². The zero-order valence-corrected chi connectivity index (χ0v) is 12.3. The van der Waals surface area contributed by atoms with Gasteiger partial charge < -0.3 is 5.32 Å². The monoisotopic (exact) mass is 268 g/mol. The first-order valence-corrected chi connectivity index (χ1v) is 8.25. The number of amides is 1. The van der Waals surface area contributed by atoms with Gasteiger partial charge in [-0.3, -0.25) is 4.79 Å². The van der Waals surface area contributed by atoms with E-state index in [1.54, 1.807) is 11.8 Å². The molecule has 3 nitrogen and oxygen atoms in total. The van der Waals surface area contributed by atoms with E-state index in [9.17, 15) is 10.1 Å². The maximum Gasteiger partial charge on any atom is 0.240 e. The van der Waals surface area contributed by atoms with Crippen molar-refractivity contribution in [1.82, 2.24) is 5.32 Å². The summed E-state index contributed by atoms with van der Waals surface area (Å²) in [6.07, 6.45) is 8.79. The van der Waals surface area contributed by atoms with E-state index in [1.807, 2.05) is 6.92 Å². The number of hydrogen-bond donors (Lipinski definition) is 1. The van der Waals surface area contributed by atoms with Crippen molar-refractivity contribution in [3.05, 3.63) is 0 Å². The molecule has 1 saturated carbocycles. The summed E-state index contributed by atoms with van der Waals surface area (Å²) in [5, 5.41) is 12.4. The van der Waals surface area contributed by atoms with Gasteiger partial charge in [0, 0.05) is 6.04 Å². The summed E-state index contributed by atoms with van der Waals surface area (Å²) in [6.45, 7) is 2.02. The van der Waals surface area contributed by atoms with Gasteiger partial charge in [-0.2, -0.15) is 17.0 Å². The molecule has 1 amide bonds. The highest BCUT2D eigenvalue weighted by Crippen LogP contribution is 2.34. The quantitative estimate of drug-likeness (QED) is 0.779. The highest BCUT2D eigenvalue weighted by atomic mass is 32.2. The number of nitrogens with one attached hydrogen (secondary N) is 1. The van der Waals surface area contributed by atoms with Crippen molar-refractivity contribution in [1.29, 1.82) is 5.26 Å². The van der Waals surface area contributed by atoms with Crippen LogP contribution in [0.5, 0.6) is 0 Å². The molecule has 0 spiro atoms. The second-order valence-electron chi connectivity index (χ2n) is 5.26. The Bertz CT molecular complexity index is 303. The molecule has 1 unspecified atom stereocenters. The average Bonchev–Trinajstić information content (AvgIpc) is 2.62. The van der Waals surface area contributed by atoms with Crippen molar-refractivity contribution in [3.63, 3.8) is 0 Å². The van der Waals surface area contributed by atoms with Crippen LogP contribution >= 0.6 is 11.8 Å². The molecular weight excluding hydrogens is 244 g/mol. The van der Waals surface area contributed by atoms with Crippen LogP contribution in [0, 0.1) is 16.7 Å². The Balaban J connectivity index is 2.58. The fraction of sp³-hybridized carbons (Fsp3) is 0.857. The molecule has 1 atom stereocenters. The molecule has 18 heavy (non-hydrogen) atoms. The van der Waals surface area contributed by atoms with Gasteiger partial charge in [-0.15, -0.1) is 0 Å². The number of nitriles is 1. The Morgan fingerprint density at radius 3 is 2.50 bits per heavy atom. The summed E-state index contributed by atoms with van der Waals surface area (Å²) in [5.41, 5.74) is -0.760. The van der Waals surface area contributed by atoms with Crippen molar-refractivity contribution in [2.24, 2.45) is 5.41 Å². The van der Waals surface area contributed by atoms with Crippen LogP contribution in [0.15, 0.2) is 0 Å². The second-order valence-corrected chi connectivity index (χ2v) is 6.25. The van der Waals surface area contributed by atoms with Crippen molar-refractivity contribution < 1.29 is 4.79 Å². The maximum absolute atomic E-state index is 12.3. The Morgan fingerprint density at radius 2 is 2.00 bits per heavy atom. The molecule has 0 bridgehead atoms. The van der Waals surface area contributed by atoms with Crippen LogP contribution in [0.3, 0.4) is 0 Å². The number of thioether (sulfide) groups is 1. The van der Waals surface area contributed by atoms with E-state index in [4.69, 9.17) is 0 Å². The molecule has 0 aliphatic heterocycles. The number of hydrogen-bond acceptors (Lipinski definition) is 3. The van der Waals surface area contributed by atoms with Crippen molar-refractivity contribution in [3.8, 4) is 6.07 Å². The molecule has 0 radical (unpaired) electrons. The first-order valence-electron chi connectivity index (χ1n) is 6.86. The van der Waals surface area contributed by atoms with Crippen LogP contribution in [-0.2, 0) is 4.79 Å². The molecule has 0 aromatic rings. The third-order valence-corrected chi connectivity index (χ3v) is 4.38. The molecule has 1 aliphatic carbocycles. The van der Waals surface area contributed by atoms with E-state index in [2.05, 4.69) is 17.6 Å². The molecule has 4 heteroatoms. The van der Waals surface area contributed by atoms with Crippen molar-refractivity contribution in [2.75, 3.05) is 12.0 Å². The number of carbonyl (C=O) groups is 1. The van der Waals surface area contributed by atoms with Crippen LogP contribution in [0.1, 0.15) is 51.9 Å². The fourth-order valence-electron chi connectivity index (χ4n) is 2.45. The minimum absolute atomic E-state index is 0.0412. The van der Waals surface area contributed by atoms with Crippen LogP contribution in [-0.4, -0.2) is 24.0 Å². The van der Waals surface area contributed by atoms with E-state index in [-0.39, 0.29) is 11.9 Å². The lowest BCUT2D eigenvalue weighted by Gasteiger charge is -2.26. The zero-order valence-electron chi connectivity index (χ0n) is 11.5. The largest absolute Gasteiger partial charge is 0.352 e. The SMILES string of the molecule is CSCCC(C)NC(=O)C1(C#N)CCCCCC1. The van der Waals surface area contributed by atoms with E-state index in [0.717, 1.165) is 50.7 Å². The molecule has 102 valence electrons. The molecule has 0 aromatic heterocycles. The number of rotatable bonds is 5. The highest BCUT2D eigenvalue weighted by Gasteiger charge is 2.39. The number of nitrogens with zero attached hydrogens (tertiary/aromatic N) is 1. The van der Waals surface area contributed by atoms with Crippen LogP contribution in [0.2, 0.25) is 0 Å². The minimum atomic E-state index is -0.760. The van der Waals surface area contributed by atoms with E-state index >= 15 is 0 Å². The van der Waals surface area contributed by atoms with Gasteiger partial charge >= 0.3 is 0 Å². The van der Waals surface area contributed by atoms with Gasteiger partial charge in [0.1, 0.15) is 5.41 Å². The normalized spacial score (nSPS) is 20.5. The standard InChI is InChI=1S/C14H24N2OS/c1-12(7-10-18-2)16-13(17)14(11-15)8-5-3-4-6-9-14/h12H,3-10H2,1-2H3,(H,16,17). The zero-order chi connectivity index (χ0) is 13.4. The topological polar surface area (TPSA) is 52.9 Å². The van der Waals surface area contributed by atoms with Crippen LogP contribution in [0.4, 0.5) is 0 Å². The maximum atomic E-state index is 12.3. The van der Waals surface area contributed by atoms with Crippen LogP contribution < -0.4 is 5.32 Å². The molecule has 1 fully saturated rings. The summed E-state index contributed by atoms with van der Waals surface area (Å²) in [4.78, 5) is 12.3. The number of carbonyl (C=O) groups excluding carboxylic acids is 1. The lowest BCUT2D eigenvalue weighted by molar-refractivity contribution is -0.129. The van der Waals surface area contributed by atoms with Crippen molar-refractivity contribution >= 4 is 17.7 Å². The van der Waals surface area contributed by atoms with E-state index in [1.165, 1.54) is 0 Å². The minimum Gasteiger partial charge on any atom is -0.352 e. The third kappa shape index (κ3) is 4.20. The first kappa shape index (κ1) is 15.4. The van der Waals surface area contributed by atoms with Gasteiger partial charge in [-0.1, -0.05) is 25.7 Å². The molecule has 0 aromatic carbocycles. The lowest BCUT2D eigenvalue weighted by atomic mass is 9.81. The van der Waals surface area contributed by atoms with Crippen molar-refractivity contribution in [2.45, 2.75) is 57.9 Å². The Labute approximate surface area is 115 Å². The van der Waals surface area contributed by atoms with E-state index in [0.29, 0.717) is 0 Å². The summed E-state index contributed by atoms with van der Waals surface area (Å²) >= 11 is 1.78. The Morgan fingerprint density at radius 1 is 1.39 bits per heavy atom. The fourth-order valence-corrected chi connectivity index (χ4v) is 3.04. The lowest BCUT2D eigenvalue weighted by Crippen LogP contribution is -2.44. The molecule has 1 N–H and O–H groups in total. The summed E-state index contributed by atoms with van der Waals surface area (Å²) in [6, 6.07) is 2.47. The van der Waals surface area contributed by atoms with Gasteiger partial charge in [0.05, 0.1) is 6.07 Å². The average molecular weight is 268 g/mol.